The Morgan fingerprint density at radius 2 is 1.72 bits per heavy atom. The second-order valence-corrected chi connectivity index (χ2v) is 16.8. The van der Waals surface area contributed by atoms with Crippen LogP contribution in [0.15, 0.2) is 109 Å². The first-order chi connectivity index (χ1) is 31.1. The number of carbonyl (C=O) groups excluding carboxylic acids is 1. The first-order valence-electron chi connectivity index (χ1n) is 20.8. The highest BCUT2D eigenvalue weighted by atomic mass is 127. The van der Waals surface area contributed by atoms with Gasteiger partial charge in [-0.2, -0.15) is 23.3 Å². The van der Waals surface area contributed by atoms with Crippen molar-refractivity contribution in [2.75, 3.05) is 20.8 Å². The van der Waals surface area contributed by atoms with Crippen LogP contribution in [0.2, 0.25) is 5.02 Å². The summed E-state index contributed by atoms with van der Waals surface area (Å²) in [7, 11) is 2.62. The minimum Gasteiger partial charge on any atom is -0.503 e. The largest absolute Gasteiger partial charge is 0.503 e. The van der Waals surface area contributed by atoms with Crippen molar-refractivity contribution in [1.82, 2.24) is 29.3 Å². The number of rotatable bonds is 16. The van der Waals surface area contributed by atoms with Gasteiger partial charge >= 0.3 is 12.1 Å². The monoisotopic (exact) mass is 1030 g/mol. The van der Waals surface area contributed by atoms with E-state index in [1.54, 1.807) is 39.8 Å². The third kappa shape index (κ3) is 13.7. The van der Waals surface area contributed by atoms with Crippen LogP contribution in [-0.4, -0.2) is 61.2 Å². The Hall–Kier alpha value is -5.53. The summed E-state index contributed by atoms with van der Waals surface area (Å²) in [5, 5.41) is 16.8. The van der Waals surface area contributed by atoms with Gasteiger partial charge in [-0.15, -0.1) is 0 Å². The number of fused-ring (bicyclic) bond motifs is 1. The maximum Gasteiger partial charge on any atom is 0.433 e. The van der Waals surface area contributed by atoms with E-state index in [-0.39, 0.29) is 29.5 Å². The van der Waals surface area contributed by atoms with Crippen LogP contribution in [0.3, 0.4) is 0 Å². The molecule has 1 saturated carbocycles. The predicted octanol–water partition coefficient (Wildman–Crippen LogP) is 9.90. The van der Waals surface area contributed by atoms with Crippen molar-refractivity contribution in [2.24, 2.45) is 11.8 Å². The molecule has 3 heterocycles. The minimum absolute atomic E-state index is 0.0172. The Balaban J connectivity index is 0.000000186. The van der Waals surface area contributed by atoms with Crippen LogP contribution in [0.25, 0.3) is 16.5 Å². The number of methoxy groups -OCH3 is 2. The number of hydrogen-bond acceptors (Lipinski definition) is 11. The summed E-state index contributed by atoms with van der Waals surface area (Å²) < 4.78 is 63.1. The third-order valence-electron chi connectivity index (χ3n) is 10.4. The fourth-order valence-electron chi connectivity index (χ4n) is 6.84. The van der Waals surface area contributed by atoms with Gasteiger partial charge in [-0.3, -0.25) is 9.36 Å². The zero-order chi connectivity index (χ0) is 47.1. The number of halogens is 5. The van der Waals surface area contributed by atoms with Gasteiger partial charge in [0.15, 0.2) is 0 Å². The molecule has 6 aromatic rings. The van der Waals surface area contributed by atoms with Crippen LogP contribution in [0.1, 0.15) is 68.8 Å². The maximum absolute atomic E-state index is 12.7. The van der Waals surface area contributed by atoms with Crippen LogP contribution < -0.4 is 15.0 Å². The lowest BCUT2D eigenvalue weighted by atomic mass is 9.79. The van der Waals surface area contributed by atoms with E-state index >= 15 is 0 Å². The first-order valence-corrected chi connectivity index (χ1v) is 22.3. The summed E-state index contributed by atoms with van der Waals surface area (Å²) in [6.07, 6.45) is 3.95. The van der Waals surface area contributed by atoms with Crippen molar-refractivity contribution in [2.45, 2.75) is 77.9 Å². The van der Waals surface area contributed by atoms with E-state index < -0.39 is 23.4 Å². The molecule has 3 aromatic heterocycles. The number of alkyl halides is 3. The van der Waals surface area contributed by atoms with Crippen LogP contribution in [0.4, 0.5) is 13.2 Å². The second kappa shape index (κ2) is 23.6. The fourth-order valence-corrected chi connectivity index (χ4v) is 7.46. The molecular formula is C47H51ClF3IN6O7. The standard InChI is InChI=1S/C18H16F3NO4.C15H18ClN3O.C14H17IN2O2/c1-24-11-14(17(23)25-2)13-7-4-3-6-12(13)10-26-16-9-5-8-15(22-16)18(19,20)21;1-11(12-2-3-12)15(20,8-19-10-17-9-18-19)13-4-6-14(16)7-5-13;1-3-7-17-13(18)11-9-10(15)5-6-12(11)16-14(17)19-8-4-2/h3-9,11H,10H2,1-2H3;4-7,9-12,20H,2-3,8H2,1H3;5-6,9H,3-4,7-8H2,1-2H3/b14-11+;;. The molecule has 1 N–H and O–H groups in total. The normalized spacial score (nSPS) is 13.9. The van der Waals surface area contributed by atoms with Crippen molar-refractivity contribution < 1.29 is 42.0 Å². The van der Waals surface area contributed by atoms with Gasteiger partial charge in [0.05, 0.1) is 44.5 Å². The second-order valence-electron chi connectivity index (χ2n) is 15.1. The summed E-state index contributed by atoms with van der Waals surface area (Å²) in [5.41, 5.74) is 0.772. The van der Waals surface area contributed by atoms with E-state index in [4.69, 9.17) is 30.5 Å². The van der Waals surface area contributed by atoms with Crippen molar-refractivity contribution in [3.8, 4) is 11.9 Å². The first kappa shape index (κ1) is 50.5. The van der Waals surface area contributed by atoms with Gasteiger partial charge in [0, 0.05) is 21.2 Å². The van der Waals surface area contributed by atoms with Gasteiger partial charge in [0.1, 0.15) is 36.1 Å². The van der Waals surface area contributed by atoms with Gasteiger partial charge in [0.25, 0.3) is 11.6 Å². The number of ether oxygens (including phenoxy) is 4. The van der Waals surface area contributed by atoms with Gasteiger partial charge in [-0.1, -0.05) is 74.8 Å². The zero-order valence-corrected chi connectivity index (χ0v) is 39.5. The highest BCUT2D eigenvalue weighted by Gasteiger charge is 2.44. The van der Waals surface area contributed by atoms with E-state index in [0.717, 1.165) is 28.0 Å². The van der Waals surface area contributed by atoms with Crippen LogP contribution in [0, 0.1) is 15.4 Å². The summed E-state index contributed by atoms with van der Waals surface area (Å²) >= 11 is 8.15. The van der Waals surface area contributed by atoms with Crippen LogP contribution in [-0.2, 0) is 45.7 Å². The summed E-state index contributed by atoms with van der Waals surface area (Å²) in [4.78, 5) is 36.3. The number of carbonyl (C=O) groups is 1. The molecule has 3 aromatic carbocycles. The average Bonchev–Trinajstić information content (AvgIpc) is 4.03. The lowest BCUT2D eigenvalue weighted by molar-refractivity contribution is -0.141. The predicted molar refractivity (Wildman–Crippen MR) is 249 cm³/mol. The Morgan fingerprint density at radius 3 is 2.35 bits per heavy atom. The van der Waals surface area contributed by atoms with Crippen LogP contribution >= 0.6 is 34.2 Å². The van der Waals surface area contributed by atoms with Crippen molar-refractivity contribution in [1.29, 1.82) is 0 Å². The summed E-state index contributed by atoms with van der Waals surface area (Å²) in [6, 6.07) is 23.7. The van der Waals surface area contributed by atoms with Crippen molar-refractivity contribution in [3.05, 3.63) is 145 Å². The zero-order valence-electron chi connectivity index (χ0n) is 36.6. The Morgan fingerprint density at radius 1 is 0.985 bits per heavy atom. The van der Waals surface area contributed by atoms with Crippen molar-refractivity contribution >= 4 is 56.6 Å². The molecule has 0 amide bonds. The summed E-state index contributed by atoms with van der Waals surface area (Å²) in [5.74, 6) is -0.0338. The van der Waals surface area contributed by atoms with Gasteiger partial charge in [-0.25, -0.2) is 19.4 Å². The molecule has 0 aliphatic heterocycles. The van der Waals surface area contributed by atoms with Crippen molar-refractivity contribution in [3.63, 3.8) is 0 Å². The SMILES string of the molecule is CC(C1CC1)C(O)(Cn1cncn1)c1ccc(Cl)cc1.CCCOc1nc2ccc(I)cc2c(=O)n1CCC.CO/C=C(/C(=O)OC)c1ccccc1COc1cccc(C(F)(F)F)n1. The minimum atomic E-state index is -4.56. The Labute approximate surface area is 393 Å². The van der Waals surface area contributed by atoms with Crippen LogP contribution in [0.5, 0.6) is 11.9 Å². The fraction of sp³-hybridized carbons (Fsp3) is 0.362. The highest BCUT2D eigenvalue weighted by Crippen LogP contribution is 2.46. The molecule has 18 heteroatoms. The van der Waals surface area contributed by atoms with E-state index in [0.29, 0.717) is 58.7 Å². The lowest BCUT2D eigenvalue weighted by Gasteiger charge is -2.35. The average molecular weight is 1030 g/mol. The quantitative estimate of drug-likeness (QED) is 0.0427. The van der Waals surface area contributed by atoms with Gasteiger partial charge in [0.2, 0.25) is 5.88 Å². The molecule has 0 radical (unpaired) electrons. The summed E-state index contributed by atoms with van der Waals surface area (Å²) in [6.45, 7) is 7.71. The van der Waals surface area contributed by atoms with E-state index in [1.807, 2.05) is 56.3 Å². The van der Waals surface area contributed by atoms with E-state index in [9.17, 15) is 27.9 Å². The number of hydrogen-bond donors (Lipinski definition) is 1. The smallest absolute Gasteiger partial charge is 0.433 e. The lowest BCUT2D eigenvalue weighted by Crippen LogP contribution is -2.39. The Bertz CT molecular complexity index is 2570. The van der Waals surface area contributed by atoms with E-state index in [2.05, 4.69) is 49.6 Å². The molecular weight excluding hydrogens is 980 g/mol. The number of esters is 1. The number of aliphatic hydroxyl groups is 1. The molecule has 1 fully saturated rings. The van der Waals surface area contributed by atoms with Gasteiger partial charge < -0.3 is 24.1 Å². The molecule has 1 aliphatic carbocycles. The molecule has 0 bridgehead atoms. The number of nitrogens with zero attached hydrogens (tertiary/aromatic N) is 6. The molecule has 65 heavy (non-hydrogen) atoms. The van der Waals surface area contributed by atoms with E-state index in [1.165, 1.54) is 51.8 Å². The molecule has 0 spiro atoms. The molecule has 7 rings (SSSR count). The molecule has 2 unspecified atom stereocenters. The number of benzene rings is 3. The number of pyridine rings is 1. The molecule has 0 saturated heterocycles. The highest BCUT2D eigenvalue weighted by molar-refractivity contribution is 14.1. The van der Waals surface area contributed by atoms with Gasteiger partial charge in [-0.05, 0) is 113 Å². The molecule has 2 atom stereocenters. The maximum atomic E-state index is 12.7. The molecule has 346 valence electrons. The molecule has 13 nitrogen and oxygen atoms in total. The molecule has 1 aliphatic rings. The Kier molecular flexibility index (Phi) is 18.3. The number of aromatic nitrogens is 6. The topological polar surface area (TPSA) is 153 Å². The third-order valence-corrected chi connectivity index (χ3v) is 11.3.